The molecule has 4 aliphatic carbocycles. The predicted molar refractivity (Wildman–Crippen MR) is 137 cm³/mol. The van der Waals surface area contributed by atoms with Gasteiger partial charge in [0.25, 0.3) is 5.91 Å². The van der Waals surface area contributed by atoms with E-state index in [2.05, 4.69) is 36.3 Å². The molecule has 0 spiro atoms. The zero-order chi connectivity index (χ0) is 25.6. The molecule has 6 atom stereocenters. The Morgan fingerprint density at radius 2 is 1.92 bits per heavy atom. The molecule has 0 aromatic heterocycles. The molecule has 0 radical (unpaired) electrons. The van der Waals surface area contributed by atoms with Gasteiger partial charge >= 0.3 is 0 Å². The van der Waals surface area contributed by atoms with Gasteiger partial charge in [0.05, 0.1) is 5.71 Å². The Bertz CT molecular complexity index is 1120. The number of halogens is 1. The summed E-state index contributed by atoms with van der Waals surface area (Å²) in [6.07, 6.45) is 15.9. The summed E-state index contributed by atoms with van der Waals surface area (Å²) in [4.78, 5) is 17.5. The Morgan fingerprint density at radius 1 is 1.17 bits per heavy atom. The first-order chi connectivity index (χ1) is 17.2. The molecule has 2 N–H and O–H groups in total. The van der Waals surface area contributed by atoms with Crippen LogP contribution in [0, 0.1) is 46.7 Å². The summed E-state index contributed by atoms with van der Waals surface area (Å²) in [5, 5.41) is 18.2. The molecule has 0 aliphatic heterocycles. The quantitative estimate of drug-likeness (QED) is 0.442. The Balaban J connectivity index is 1.19. The van der Waals surface area contributed by atoms with Gasteiger partial charge in [0.1, 0.15) is 11.4 Å². The number of oxime groups is 1. The first-order valence-corrected chi connectivity index (χ1v) is 13.3. The summed E-state index contributed by atoms with van der Waals surface area (Å²) >= 11 is 0. The standard InChI is InChI=1S/C30H37FN2O3/c1-4-30(35)16-13-26-24-10-7-21-17-23(11-14-28(21,2)25(24)12-15-29(26,30)3)33-36-19-27(34)32-18-20-5-8-22(31)9-6-20/h1,5-6,8-9,17,24-26,35H,7,10-16,18-19H2,2-3H3,(H,32,34)/t24-,25-,26-,28+,29+,30-/m1/s1. The summed E-state index contributed by atoms with van der Waals surface area (Å²) in [6.45, 7) is 4.82. The summed E-state index contributed by atoms with van der Waals surface area (Å²) in [7, 11) is 0. The van der Waals surface area contributed by atoms with Gasteiger partial charge in [-0.2, -0.15) is 0 Å². The summed E-state index contributed by atoms with van der Waals surface area (Å²) in [6, 6.07) is 6.04. The number of rotatable bonds is 5. The molecular weight excluding hydrogens is 455 g/mol. The van der Waals surface area contributed by atoms with E-state index in [1.807, 2.05) is 0 Å². The summed E-state index contributed by atoms with van der Waals surface area (Å²) < 4.78 is 13.0. The second-order valence-corrected chi connectivity index (χ2v) is 11.8. The minimum absolute atomic E-state index is 0.145. The van der Waals surface area contributed by atoms with Crippen LogP contribution in [0.2, 0.25) is 0 Å². The molecule has 1 aromatic rings. The number of carbonyl (C=O) groups is 1. The lowest BCUT2D eigenvalue weighted by Crippen LogP contribution is -2.54. The third-order valence-electron chi connectivity index (χ3n) is 10.1. The van der Waals surface area contributed by atoms with Crippen molar-refractivity contribution in [1.29, 1.82) is 0 Å². The van der Waals surface area contributed by atoms with Crippen molar-refractivity contribution in [2.24, 2.45) is 33.7 Å². The van der Waals surface area contributed by atoms with E-state index in [0.29, 0.717) is 24.3 Å². The van der Waals surface area contributed by atoms with Crippen molar-refractivity contribution in [3.63, 3.8) is 0 Å². The minimum atomic E-state index is -0.964. The van der Waals surface area contributed by atoms with Gasteiger partial charge in [-0.15, -0.1) is 6.42 Å². The number of amides is 1. The highest BCUT2D eigenvalue weighted by atomic mass is 19.1. The lowest BCUT2D eigenvalue weighted by Gasteiger charge is -2.58. The molecule has 5 rings (SSSR count). The molecule has 3 saturated carbocycles. The normalized spacial score (nSPS) is 38.2. The number of benzene rings is 1. The van der Waals surface area contributed by atoms with Crippen molar-refractivity contribution >= 4 is 11.6 Å². The molecular formula is C30H37FN2O3. The highest BCUT2D eigenvalue weighted by molar-refractivity contribution is 5.96. The Hall–Kier alpha value is -2.65. The van der Waals surface area contributed by atoms with Crippen LogP contribution in [0.4, 0.5) is 4.39 Å². The fourth-order valence-electron chi connectivity index (χ4n) is 7.92. The van der Waals surface area contributed by atoms with E-state index in [0.717, 1.165) is 62.6 Å². The highest BCUT2D eigenvalue weighted by Crippen LogP contribution is 2.67. The molecule has 0 saturated heterocycles. The van der Waals surface area contributed by atoms with Crippen LogP contribution < -0.4 is 5.32 Å². The Morgan fingerprint density at radius 3 is 2.67 bits per heavy atom. The molecule has 1 aromatic carbocycles. The SMILES string of the molecule is C#C[C@@]1(O)CC[C@@H]2[C@@H]3CCC4=CC(=NOCC(=O)NCc5ccc(F)cc5)CC[C@]4(C)[C@@H]3CC[C@@]21C. The molecule has 192 valence electrons. The molecule has 36 heavy (non-hydrogen) atoms. The van der Waals surface area contributed by atoms with Crippen LogP contribution >= 0.6 is 0 Å². The van der Waals surface area contributed by atoms with Crippen molar-refractivity contribution in [3.05, 3.63) is 47.3 Å². The minimum Gasteiger partial charge on any atom is -0.385 e. The third-order valence-corrected chi connectivity index (χ3v) is 10.1. The second-order valence-electron chi connectivity index (χ2n) is 11.8. The van der Waals surface area contributed by atoms with Crippen LogP contribution in [0.5, 0.6) is 0 Å². The van der Waals surface area contributed by atoms with Gasteiger partial charge in [-0.25, -0.2) is 4.39 Å². The van der Waals surface area contributed by atoms with Crippen LogP contribution in [0.15, 0.2) is 41.1 Å². The Labute approximate surface area is 213 Å². The smallest absolute Gasteiger partial charge is 0.261 e. The van der Waals surface area contributed by atoms with Crippen molar-refractivity contribution in [3.8, 4) is 12.3 Å². The number of allylic oxidation sites excluding steroid dienone is 2. The lowest BCUT2D eigenvalue weighted by atomic mass is 9.46. The zero-order valence-corrected chi connectivity index (χ0v) is 21.4. The average molecular weight is 493 g/mol. The van der Waals surface area contributed by atoms with Gasteiger partial charge in [0.15, 0.2) is 6.61 Å². The van der Waals surface area contributed by atoms with E-state index in [9.17, 15) is 14.3 Å². The first kappa shape index (κ1) is 25.0. The van der Waals surface area contributed by atoms with Crippen molar-refractivity contribution in [2.45, 2.75) is 77.4 Å². The Kier molecular flexibility index (Phi) is 6.49. The number of aliphatic hydroxyl groups is 1. The lowest BCUT2D eigenvalue weighted by molar-refractivity contribution is -0.125. The van der Waals surface area contributed by atoms with Crippen molar-refractivity contribution in [2.75, 3.05) is 6.61 Å². The molecule has 5 nitrogen and oxygen atoms in total. The largest absolute Gasteiger partial charge is 0.385 e. The van der Waals surface area contributed by atoms with Crippen LogP contribution in [-0.2, 0) is 16.2 Å². The number of hydrogen-bond donors (Lipinski definition) is 2. The summed E-state index contributed by atoms with van der Waals surface area (Å²) in [5.74, 6) is 3.91. The topological polar surface area (TPSA) is 70.9 Å². The molecule has 3 fully saturated rings. The first-order valence-electron chi connectivity index (χ1n) is 13.3. The van der Waals surface area contributed by atoms with E-state index < -0.39 is 5.60 Å². The summed E-state index contributed by atoms with van der Waals surface area (Å²) in [5.41, 5.74) is 2.18. The maximum atomic E-state index is 13.0. The van der Waals surface area contributed by atoms with Gasteiger partial charge in [0, 0.05) is 12.0 Å². The number of hydrogen-bond acceptors (Lipinski definition) is 4. The number of fused-ring (bicyclic) bond motifs is 5. The van der Waals surface area contributed by atoms with Gasteiger partial charge in [-0.3, -0.25) is 4.79 Å². The molecule has 0 bridgehead atoms. The fraction of sp³-hybridized carbons (Fsp3) is 0.600. The molecule has 1 amide bonds. The maximum absolute atomic E-state index is 13.0. The number of nitrogens with zero attached hydrogens (tertiary/aromatic N) is 1. The number of terminal acetylenes is 1. The zero-order valence-electron chi connectivity index (χ0n) is 21.4. The van der Waals surface area contributed by atoms with Crippen LogP contribution in [0.3, 0.4) is 0 Å². The van der Waals surface area contributed by atoms with Gasteiger partial charge in [0.2, 0.25) is 0 Å². The molecule has 0 unspecified atom stereocenters. The average Bonchev–Trinajstić information content (AvgIpc) is 3.15. The molecule has 6 heteroatoms. The number of carbonyl (C=O) groups excluding carboxylic acids is 1. The van der Waals surface area contributed by atoms with Gasteiger partial charge in [-0.1, -0.05) is 42.6 Å². The number of nitrogens with one attached hydrogen (secondary N) is 1. The van der Waals surface area contributed by atoms with Crippen LogP contribution in [0.1, 0.15) is 70.8 Å². The van der Waals surface area contributed by atoms with E-state index in [1.165, 1.54) is 17.7 Å². The van der Waals surface area contributed by atoms with E-state index >= 15 is 0 Å². The monoisotopic (exact) mass is 492 g/mol. The predicted octanol–water partition coefficient (Wildman–Crippen LogP) is 5.14. The van der Waals surface area contributed by atoms with Gasteiger partial charge in [-0.05, 0) is 98.3 Å². The highest BCUT2D eigenvalue weighted by Gasteiger charge is 2.63. The van der Waals surface area contributed by atoms with Crippen molar-refractivity contribution in [1.82, 2.24) is 5.32 Å². The van der Waals surface area contributed by atoms with Crippen molar-refractivity contribution < 1.29 is 19.1 Å². The van der Waals surface area contributed by atoms with Crippen LogP contribution in [-0.4, -0.2) is 28.9 Å². The second kappa shape index (κ2) is 9.34. The van der Waals surface area contributed by atoms with Crippen LogP contribution in [0.25, 0.3) is 0 Å². The third kappa shape index (κ3) is 4.16. The van der Waals surface area contributed by atoms with E-state index in [-0.39, 0.29) is 29.2 Å². The molecule has 0 heterocycles. The maximum Gasteiger partial charge on any atom is 0.261 e. The van der Waals surface area contributed by atoms with E-state index in [4.69, 9.17) is 11.3 Å². The molecule has 4 aliphatic rings. The van der Waals surface area contributed by atoms with Gasteiger partial charge < -0.3 is 15.3 Å². The fourth-order valence-corrected chi connectivity index (χ4v) is 7.92. The van der Waals surface area contributed by atoms with E-state index in [1.54, 1.807) is 12.1 Å².